The summed E-state index contributed by atoms with van der Waals surface area (Å²) in [5.74, 6) is -0.537. The molecule has 1 atom stereocenters. The molecule has 172 valence electrons. The van der Waals surface area contributed by atoms with Crippen LogP contribution in [-0.4, -0.2) is 34.0 Å². The van der Waals surface area contributed by atoms with Crippen molar-refractivity contribution in [3.63, 3.8) is 0 Å². The lowest BCUT2D eigenvalue weighted by atomic mass is 10.1. The molecule has 1 amide bonds. The van der Waals surface area contributed by atoms with Crippen molar-refractivity contribution in [2.45, 2.75) is 11.3 Å². The minimum Gasteiger partial charge on any atom is -0.371 e. The number of amides is 1. The second-order valence-corrected chi connectivity index (χ2v) is 9.99. The average molecular weight is 488 g/mol. The molecule has 1 saturated heterocycles. The van der Waals surface area contributed by atoms with Crippen LogP contribution >= 0.6 is 11.6 Å². The zero-order chi connectivity index (χ0) is 23.4. The van der Waals surface area contributed by atoms with Crippen LogP contribution in [-0.2, 0) is 10.0 Å². The SMILES string of the molecule is O=C(NCC1CCN(c2ccccc2)C1)c1ccc(Cl)c(NS(=O)(=O)c2ccc(F)cc2)c1. The van der Waals surface area contributed by atoms with Crippen LogP contribution in [0.1, 0.15) is 16.8 Å². The van der Waals surface area contributed by atoms with E-state index in [1.807, 2.05) is 18.2 Å². The van der Waals surface area contributed by atoms with Crippen molar-refractivity contribution in [3.05, 3.63) is 89.2 Å². The van der Waals surface area contributed by atoms with Gasteiger partial charge in [0.15, 0.2) is 0 Å². The first-order valence-electron chi connectivity index (χ1n) is 10.5. The van der Waals surface area contributed by atoms with E-state index >= 15 is 0 Å². The van der Waals surface area contributed by atoms with E-state index in [4.69, 9.17) is 11.6 Å². The Morgan fingerprint density at radius 1 is 1.06 bits per heavy atom. The Hall–Kier alpha value is -3.10. The van der Waals surface area contributed by atoms with Crippen LogP contribution in [0.15, 0.2) is 77.7 Å². The van der Waals surface area contributed by atoms with Crippen molar-refractivity contribution in [1.29, 1.82) is 0 Å². The Morgan fingerprint density at radius 3 is 2.52 bits per heavy atom. The number of carbonyl (C=O) groups is 1. The van der Waals surface area contributed by atoms with Gasteiger partial charge in [-0.25, -0.2) is 12.8 Å². The lowest BCUT2D eigenvalue weighted by molar-refractivity contribution is 0.0948. The number of hydrogen-bond acceptors (Lipinski definition) is 4. The molecule has 1 fully saturated rings. The zero-order valence-electron chi connectivity index (χ0n) is 17.7. The van der Waals surface area contributed by atoms with Crippen LogP contribution in [0.3, 0.4) is 0 Å². The number of rotatable bonds is 7. The zero-order valence-corrected chi connectivity index (χ0v) is 19.2. The third-order valence-electron chi connectivity index (χ3n) is 5.56. The number of sulfonamides is 1. The van der Waals surface area contributed by atoms with Gasteiger partial charge in [0.2, 0.25) is 0 Å². The van der Waals surface area contributed by atoms with E-state index in [0.717, 1.165) is 43.8 Å². The summed E-state index contributed by atoms with van der Waals surface area (Å²) in [6, 6.07) is 19.0. The van der Waals surface area contributed by atoms with Gasteiger partial charge in [-0.3, -0.25) is 9.52 Å². The van der Waals surface area contributed by atoms with Gasteiger partial charge in [0.05, 0.1) is 15.6 Å². The van der Waals surface area contributed by atoms with Crippen molar-refractivity contribution in [1.82, 2.24) is 5.32 Å². The number of halogens is 2. The number of nitrogens with zero attached hydrogens (tertiary/aromatic N) is 1. The monoisotopic (exact) mass is 487 g/mol. The summed E-state index contributed by atoms with van der Waals surface area (Å²) in [4.78, 5) is 14.9. The van der Waals surface area contributed by atoms with Crippen molar-refractivity contribution in [2.24, 2.45) is 5.92 Å². The van der Waals surface area contributed by atoms with Crippen molar-refractivity contribution in [3.8, 4) is 0 Å². The summed E-state index contributed by atoms with van der Waals surface area (Å²) in [6.07, 6.45) is 0.971. The normalized spacial score (nSPS) is 15.9. The molecule has 0 spiro atoms. The number of para-hydroxylation sites is 1. The van der Waals surface area contributed by atoms with E-state index < -0.39 is 15.8 Å². The van der Waals surface area contributed by atoms with Crippen LogP contribution in [0.25, 0.3) is 0 Å². The molecule has 3 aromatic carbocycles. The molecular weight excluding hydrogens is 465 g/mol. The van der Waals surface area contributed by atoms with Gasteiger partial charge in [0.25, 0.3) is 15.9 Å². The lowest BCUT2D eigenvalue weighted by Crippen LogP contribution is -2.31. The van der Waals surface area contributed by atoms with E-state index in [9.17, 15) is 17.6 Å². The molecule has 1 aliphatic heterocycles. The van der Waals surface area contributed by atoms with Gasteiger partial charge in [-0.05, 0) is 66.9 Å². The predicted octanol–water partition coefficient (Wildman–Crippen LogP) is 4.54. The fraction of sp³-hybridized carbons (Fsp3) is 0.208. The van der Waals surface area contributed by atoms with E-state index in [1.165, 1.54) is 23.9 Å². The van der Waals surface area contributed by atoms with Crippen molar-refractivity contribution < 1.29 is 17.6 Å². The number of nitrogens with one attached hydrogen (secondary N) is 2. The van der Waals surface area contributed by atoms with Crippen LogP contribution in [0.4, 0.5) is 15.8 Å². The third-order valence-corrected chi connectivity index (χ3v) is 7.27. The van der Waals surface area contributed by atoms with Gasteiger partial charge >= 0.3 is 0 Å². The summed E-state index contributed by atoms with van der Waals surface area (Å²) in [7, 11) is -3.99. The Morgan fingerprint density at radius 2 is 1.79 bits per heavy atom. The Labute approximate surface area is 197 Å². The first kappa shape index (κ1) is 23.1. The molecule has 0 aliphatic carbocycles. The number of carbonyl (C=O) groups excluding carboxylic acids is 1. The van der Waals surface area contributed by atoms with E-state index in [1.54, 1.807) is 0 Å². The molecule has 2 N–H and O–H groups in total. The second kappa shape index (κ2) is 9.80. The molecule has 3 aromatic rings. The summed E-state index contributed by atoms with van der Waals surface area (Å²) in [5.41, 5.74) is 1.53. The van der Waals surface area contributed by atoms with Gasteiger partial charge in [0.1, 0.15) is 5.82 Å². The molecule has 9 heteroatoms. The fourth-order valence-corrected chi connectivity index (χ4v) is 5.07. The Balaban J connectivity index is 1.39. The van der Waals surface area contributed by atoms with Gasteiger partial charge in [-0.2, -0.15) is 0 Å². The number of benzene rings is 3. The molecule has 1 heterocycles. The first-order chi connectivity index (χ1) is 15.8. The highest BCUT2D eigenvalue weighted by atomic mass is 35.5. The van der Waals surface area contributed by atoms with Gasteiger partial charge in [-0.1, -0.05) is 29.8 Å². The second-order valence-electron chi connectivity index (χ2n) is 7.90. The van der Waals surface area contributed by atoms with Crippen molar-refractivity contribution in [2.75, 3.05) is 29.3 Å². The highest BCUT2D eigenvalue weighted by Gasteiger charge is 2.23. The number of hydrogen-bond donors (Lipinski definition) is 2. The highest BCUT2D eigenvalue weighted by molar-refractivity contribution is 7.92. The molecule has 33 heavy (non-hydrogen) atoms. The molecule has 0 saturated carbocycles. The predicted molar refractivity (Wildman–Crippen MR) is 128 cm³/mol. The molecular formula is C24H23ClFN3O3S. The van der Waals surface area contributed by atoms with Crippen LogP contribution in [0, 0.1) is 11.7 Å². The molecule has 0 aromatic heterocycles. The summed E-state index contributed by atoms with van der Waals surface area (Å²) in [6.45, 7) is 2.30. The molecule has 6 nitrogen and oxygen atoms in total. The molecule has 1 unspecified atom stereocenters. The standard InChI is InChI=1S/C24H23ClFN3O3S/c25-22-11-6-18(14-23(22)28-33(31,32)21-9-7-19(26)8-10-21)24(30)27-15-17-12-13-29(16-17)20-4-2-1-3-5-20/h1-11,14,17,28H,12-13,15-16H2,(H,27,30). The van der Waals surface area contributed by atoms with Crippen LogP contribution in [0.5, 0.6) is 0 Å². The quantitative estimate of drug-likeness (QED) is 0.513. The summed E-state index contributed by atoms with van der Waals surface area (Å²) >= 11 is 6.15. The average Bonchev–Trinajstić information content (AvgIpc) is 3.29. The summed E-state index contributed by atoms with van der Waals surface area (Å²) in [5, 5.41) is 3.08. The maximum Gasteiger partial charge on any atom is 0.261 e. The fourth-order valence-electron chi connectivity index (χ4n) is 3.77. The first-order valence-corrected chi connectivity index (χ1v) is 12.3. The van der Waals surface area contributed by atoms with Gasteiger partial charge in [-0.15, -0.1) is 0 Å². The molecule has 4 rings (SSSR count). The Bertz CT molecular complexity index is 1240. The lowest BCUT2D eigenvalue weighted by Gasteiger charge is -2.18. The highest BCUT2D eigenvalue weighted by Crippen LogP contribution is 2.27. The molecule has 0 bridgehead atoms. The van der Waals surface area contributed by atoms with E-state index in [2.05, 4.69) is 27.1 Å². The van der Waals surface area contributed by atoms with E-state index in [0.29, 0.717) is 12.5 Å². The maximum atomic E-state index is 13.1. The van der Waals surface area contributed by atoms with Gasteiger partial charge < -0.3 is 10.2 Å². The largest absolute Gasteiger partial charge is 0.371 e. The minimum atomic E-state index is -3.99. The van der Waals surface area contributed by atoms with Crippen LogP contribution < -0.4 is 14.9 Å². The molecule has 1 aliphatic rings. The minimum absolute atomic E-state index is 0.0739. The van der Waals surface area contributed by atoms with Crippen molar-refractivity contribution >= 4 is 38.9 Å². The van der Waals surface area contributed by atoms with Crippen LogP contribution in [0.2, 0.25) is 5.02 Å². The summed E-state index contributed by atoms with van der Waals surface area (Å²) < 4.78 is 40.7. The third kappa shape index (κ3) is 5.64. The number of anilines is 2. The Kier molecular flexibility index (Phi) is 6.85. The van der Waals surface area contributed by atoms with Gasteiger partial charge in [0, 0.05) is 30.9 Å². The van der Waals surface area contributed by atoms with E-state index in [-0.39, 0.29) is 27.1 Å². The topological polar surface area (TPSA) is 78.5 Å². The maximum absolute atomic E-state index is 13.1. The smallest absolute Gasteiger partial charge is 0.261 e. The molecule has 0 radical (unpaired) electrons.